The Morgan fingerprint density at radius 3 is 2.33 bits per heavy atom. The average Bonchev–Trinajstić information content (AvgIpc) is 3.06. The van der Waals surface area contributed by atoms with Gasteiger partial charge in [0.2, 0.25) is 0 Å². The predicted molar refractivity (Wildman–Crippen MR) is 124 cm³/mol. The van der Waals surface area contributed by atoms with Crippen LogP contribution in [0.3, 0.4) is 0 Å². The quantitative estimate of drug-likeness (QED) is 0.373. The van der Waals surface area contributed by atoms with Crippen molar-refractivity contribution in [2.45, 2.75) is 0 Å². The van der Waals surface area contributed by atoms with Crippen molar-refractivity contribution in [3.8, 4) is 5.75 Å². The van der Waals surface area contributed by atoms with Crippen LogP contribution in [-0.4, -0.2) is 32.7 Å². The molecule has 0 atom stereocenters. The normalized spacial score (nSPS) is 14.9. The fourth-order valence-electron chi connectivity index (χ4n) is 2.87. The molecule has 1 amide bonds. The number of amides is 1. The third-order valence-corrected chi connectivity index (χ3v) is 7.00. The Kier molecular flexibility index (Phi) is 6.26. The van der Waals surface area contributed by atoms with Crippen molar-refractivity contribution in [3.05, 3.63) is 94.1 Å². The van der Waals surface area contributed by atoms with Crippen molar-refractivity contribution in [1.82, 2.24) is 0 Å². The van der Waals surface area contributed by atoms with E-state index in [0.29, 0.717) is 20.5 Å². The minimum atomic E-state index is -0.198. The second-order valence-corrected chi connectivity index (χ2v) is 9.37. The van der Waals surface area contributed by atoms with E-state index in [9.17, 15) is 4.79 Å². The molecule has 0 radical (unpaired) electrons. The zero-order chi connectivity index (χ0) is 21.1. The van der Waals surface area contributed by atoms with Crippen LogP contribution in [0.2, 0.25) is 10.0 Å². The topological polar surface area (TPSA) is 41.9 Å². The summed E-state index contributed by atoms with van der Waals surface area (Å²) in [5.74, 6) is 0.532. The Hall–Kier alpha value is -2.56. The van der Waals surface area contributed by atoms with Gasteiger partial charge in [-0.3, -0.25) is 0 Å². The van der Waals surface area contributed by atoms with Gasteiger partial charge in [0.25, 0.3) is 0 Å². The molecule has 4 nitrogen and oxygen atoms in total. The van der Waals surface area contributed by atoms with Crippen molar-refractivity contribution >= 4 is 65.0 Å². The van der Waals surface area contributed by atoms with E-state index in [0.717, 1.165) is 21.5 Å². The Labute approximate surface area is 190 Å². The number of rotatable bonds is 5. The zero-order valence-corrected chi connectivity index (χ0v) is 19.1. The van der Waals surface area contributed by atoms with Gasteiger partial charge in [-0.25, -0.2) is 0 Å². The third-order valence-electron chi connectivity index (χ3n) is 4.38. The van der Waals surface area contributed by atoms with E-state index in [2.05, 4.69) is 4.99 Å². The Morgan fingerprint density at radius 2 is 1.67 bits per heavy atom. The molecule has 0 unspecified atom stereocenters. The second-order valence-electron chi connectivity index (χ2n) is 6.34. The molecule has 0 N–H and O–H groups in total. The third kappa shape index (κ3) is 4.45. The van der Waals surface area contributed by atoms with Gasteiger partial charge in [-0.05, 0) is 0 Å². The molecule has 30 heavy (non-hydrogen) atoms. The van der Waals surface area contributed by atoms with Crippen LogP contribution < -0.4 is 14.1 Å². The molecule has 150 valence electrons. The number of aliphatic imine (C=N–C) groups is 1. The number of nitrogens with zero attached hydrogens (tertiary/aromatic N) is 2. The first-order valence-electron chi connectivity index (χ1n) is 9.02. The van der Waals surface area contributed by atoms with Crippen molar-refractivity contribution < 1.29 is 9.53 Å². The van der Waals surface area contributed by atoms with Crippen molar-refractivity contribution in [2.75, 3.05) is 12.0 Å². The Bertz CT molecular complexity index is 1140. The fourth-order valence-corrected chi connectivity index (χ4v) is 5.09. The van der Waals surface area contributed by atoms with Crippen LogP contribution >= 0.6 is 23.2 Å². The Balaban J connectivity index is 1.74. The van der Waals surface area contributed by atoms with Crippen LogP contribution in [0, 0.1) is 0 Å². The second kappa shape index (κ2) is 9.07. The summed E-state index contributed by atoms with van der Waals surface area (Å²) in [6.07, 6.45) is 1.73. The first-order valence-corrected chi connectivity index (χ1v) is 11.5. The molecular weight excluding hydrogens is 486 g/mol. The van der Waals surface area contributed by atoms with Crippen LogP contribution in [0.25, 0.3) is 6.08 Å². The van der Waals surface area contributed by atoms with Crippen LogP contribution in [-0.2, 0) is 4.79 Å². The summed E-state index contributed by atoms with van der Waals surface area (Å²) in [5, 5.41) is 1.24. The number of hydrogen-bond acceptors (Lipinski definition) is 3. The number of hydrogen-bond donors (Lipinski definition) is 0. The van der Waals surface area contributed by atoms with Crippen LogP contribution in [0.1, 0.15) is 5.56 Å². The molecule has 3 aromatic rings. The predicted octanol–water partition coefficient (Wildman–Crippen LogP) is 4.78. The molecule has 0 aromatic heterocycles. The molecule has 0 spiro atoms. The summed E-state index contributed by atoms with van der Waals surface area (Å²) in [4.78, 5) is 19.6. The van der Waals surface area contributed by atoms with E-state index in [-0.39, 0.29) is 20.9 Å². The number of carbonyl (C=O) groups excluding carboxylic acids is 1. The number of amidine groups is 1. The first-order chi connectivity index (χ1) is 14.5. The average molecular weight is 502 g/mol. The maximum absolute atomic E-state index is 13.3. The molecule has 1 aliphatic rings. The number of carbonyl (C=O) groups is 1. The molecule has 1 aliphatic heterocycles. The minimum absolute atomic E-state index is 0.189. The SMILES string of the molecule is COc1ccc(N2C(=O)/C(=C/c3ccccc3Cl)N=C2[Se]c2ccc(Cl)cc2)cc1. The molecule has 4 rings (SSSR count). The number of halogens is 2. The van der Waals surface area contributed by atoms with E-state index >= 15 is 0 Å². The number of anilines is 1. The fraction of sp³-hybridized carbons (Fsp3) is 0.0435. The van der Waals surface area contributed by atoms with E-state index in [1.807, 2.05) is 66.7 Å². The molecule has 7 heteroatoms. The Morgan fingerprint density at radius 1 is 0.967 bits per heavy atom. The summed E-state index contributed by atoms with van der Waals surface area (Å²) in [6, 6.07) is 22.3. The summed E-state index contributed by atoms with van der Waals surface area (Å²) < 4.78 is 7.00. The molecule has 0 fully saturated rings. The summed E-state index contributed by atoms with van der Waals surface area (Å²) in [6.45, 7) is 0. The van der Waals surface area contributed by atoms with Crippen molar-refractivity contribution in [3.63, 3.8) is 0 Å². The van der Waals surface area contributed by atoms with Gasteiger partial charge >= 0.3 is 191 Å². The van der Waals surface area contributed by atoms with E-state index < -0.39 is 0 Å². The van der Waals surface area contributed by atoms with Gasteiger partial charge in [-0.2, -0.15) is 0 Å². The van der Waals surface area contributed by atoms with Crippen LogP contribution in [0.5, 0.6) is 5.75 Å². The van der Waals surface area contributed by atoms with Gasteiger partial charge in [0.05, 0.1) is 0 Å². The molecule has 1 heterocycles. The first kappa shape index (κ1) is 20.7. The summed E-state index contributed by atoms with van der Waals surface area (Å²) >= 11 is 12.1. The van der Waals surface area contributed by atoms with E-state index in [1.165, 1.54) is 0 Å². The molecule has 0 aliphatic carbocycles. The van der Waals surface area contributed by atoms with Gasteiger partial charge in [0.15, 0.2) is 0 Å². The monoisotopic (exact) mass is 502 g/mol. The zero-order valence-electron chi connectivity index (χ0n) is 15.9. The van der Waals surface area contributed by atoms with E-state index in [4.69, 9.17) is 27.9 Å². The number of methoxy groups -OCH3 is 1. The standard InChI is InChI=1S/C23H16Cl2N2O2Se/c1-29-18-10-8-17(9-11-18)27-22(28)21(14-15-4-2-3-5-20(15)25)26-23(27)30-19-12-6-16(24)7-13-19/h2-14H,1H3/b21-14-. The number of benzene rings is 3. The van der Waals surface area contributed by atoms with Crippen LogP contribution in [0.15, 0.2) is 83.5 Å². The molecular formula is C23H16Cl2N2O2Se. The molecule has 0 saturated heterocycles. The van der Waals surface area contributed by atoms with E-state index in [1.54, 1.807) is 24.2 Å². The molecule has 3 aromatic carbocycles. The van der Waals surface area contributed by atoms with Crippen LogP contribution in [0.4, 0.5) is 5.69 Å². The van der Waals surface area contributed by atoms with Gasteiger partial charge in [0.1, 0.15) is 0 Å². The van der Waals surface area contributed by atoms with Crippen molar-refractivity contribution in [2.24, 2.45) is 4.99 Å². The number of ether oxygens (including phenoxy) is 1. The van der Waals surface area contributed by atoms with Crippen molar-refractivity contribution in [1.29, 1.82) is 0 Å². The van der Waals surface area contributed by atoms with Gasteiger partial charge < -0.3 is 0 Å². The summed E-state index contributed by atoms with van der Waals surface area (Å²) in [7, 11) is 1.61. The molecule has 0 bridgehead atoms. The summed E-state index contributed by atoms with van der Waals surface area (Å²) in [5.41, 5.74) is 1.84. The van der Waals surface area contributed by atoms with Gasteiger partial charge in [-0.15, -0.1) is 0 Å². The maximum atomic E-state index is 13.3. The molecule has 0 saturated carbocycles. The van der Waals surface area contributed by atoms with Gasteiger partial charge in [-0.1, -0.05) is 0 Å². The van der Waals surface area contributed by atoms with Gasteiger partial charge in [0, 0.05) is 0 Å².